The average molecular weight is 453 g/mol. The molecule has 0 amide bonds. The number of carboxylic acid groups (broad SMARTS) is 1. The van der Waals surface area contributed by atoms with Crippen LogP contribution in [0.5, 0.6) is 0 Å². The third-order valence-corrected chi connectivity index (χ3v) is 6.52. The lowest BCUT2D eigenvalue weighted by Crippen LogP contribution is -2.33. The van der Waals surface area contributed by atoms with Crippen LogP contribution in [0.3, 0.4) is 0 Å². The average Bonchev–Trinajstić information content (AvgIpc) is 3.16. The molecule has 3 atom stereocenters. The fourth-order valence-corrected chi connectivity index (χ4v) is 4.76. The molecule has 0 spiro atoms. The van der Waals surface area contributed by atoms with Crippen LogP contribution in [0.1, 0.15) is 46.0 Å². The topological polar surface area (TPSA) is 167 Å². The molecule has 0 aromatic carbocycles. The molecule has 1 fully saturated rings. The van der Waals surface area contributed by atoms with E-state index in [1.807, 2.05) is 0 Å². The summed E-state index contributed by atoms with van der Waals surface area (Å²) in [5.74, 6) is -0.867. The molecule has 4 N–H and O–H groups in total. The normalized spacial score (nSPS) is 18.3. The van der Waals surface area contributed by atoms with Crippen LogP contribution in [0, 0.1) is 0 Å². The summed E-state index contributed by atoms with van der Waals surface area (Å²) in [6.45, 7) is 3.53. The first-order chi connectivity index (χ1) is 14.8. The van der Waals surface area contributed by atoms with Gasteiger partial charge in [0.1, 0.15) is 24.2 Å². The first-order valence-electron chi connectivity index (χ1n) is 10.1. The number of nitrogens with one attached hydrogen (secondary N) is 1. The minimum Gasteiger partial charge on any atom is -0.480 e. The fraction of sp³-hybridized carbons (Fsp3) is 0.611. The highest BCUT2D eigenvalue weighted by Gasteiger charge is 2.31. The predicted molar refractivity (Wildman–Crippen MR) is 115 cm³/mol. The Hall–Kier alpha value is -2.56. The van der Waals surface area contributed by atoms with Crippen molar-refractivity contribution < 1.29 is 23.8 Å². The number of nitrogen functional groups attached to an aromatic ring is 1. The SMILES string of the molecule is CC(Cn1cnc2c(N)ncnc21)OCP(=O)(NC(C)C(=O)O)ON=C1CCCCC1. The van der Waals surface area contributed by atoms with Gasteiger partial charge in [0.15, 0.2) is 11.5 Å². The Morgan fingerprint density at radius 2 is 2.06 bits per heavy atom. The molecule has 13 heteroatoms. The smallest absolute Gasteiger partial charge is 0.364 e. The number of fused-ring (bicyclic) bond motifs is 1. The lowest BCUT2D eigenvalue weighted by atomic mass is 9.99. The van der Waals surface area contributed by atoms with E-state index in [0.29, 0.717) is 17.7 Å². The summed E-state index contributed by atoms with van der Waals surface area (Å²) in [5, 5.41) is 15.8. The molecule has 170 valence electrons. The minimum absolute atomic E-state index is 0.281. The van der Waals surface area contributed by atoms with Gasteiger partial charge in [0, 0.05) is 0 Å². The number of anilines is 1. The van der Waals surface area contributed by atoms with Gasteiger partial charge in [-0.15, -0.1) is 0 Å². The summed E-state index contributed by atoms with van der Waals surface area (Å²) >= 11 is 0. The van der Waals surface area contributed by atoms with Crippen LogP contribution in [-0.4, -0.2) is 54.8 Å². The van der Waals surface area contributed by atoms with Crippen molar-refractivity contribution >= 4 is 36.2 Å². The number of nitrogens with two attached hydrogens (primary N) is 1. The number of hydrogen-bond donors (Lipinski definition) is 3. The zero-order valence-corrected chi connectivity index (χ0v) is 18.5. The standard InChI is InChI=1S/C18H28N7O5P/c1-12(8-25-10-22-15-16(19)20-9-21-17(15)25)29-11-31(28,24-13(2)18(26)27)30-23-14-6-4-3-5-7-14/h9-10,12-13H,3-8,11H2,1-2H3,(H,24,28)(H,26,27)(H2,19,20,21). The van der Waals surface area contributed by atoms with Crippen LogP contribution in [0.25, 0.3) is 11.2 Å². The van der Waals surface area contributed by atoms with Gasteiger partial charge >= 0.3 is 13.5 Å². The Balaban J connectivity index is 1.65. The van der Waals surface area contributed by atoms with Crippen LogP contribution in [0.2, 0.25) is 0 Å². The molecule has 2 heterocycles. The lowest BCUT2D eigenvalue weighted by molar-refractivity contribution is -0.138. The molecule has 2 aromatic rings. The van der Waals surface area contributed by atoms with Crippen molar-refractivity contribution in [3.63, 3.8) is 0 Å². The number of nitrogens with zero attached hydrogens (tertiary/aromatic N) is 5. The highest BCUT2D eigenvalue weighted by molar-refractivity contribution is 7.56. The van der Waals surface area contributed by atoms with Crippen molar-refractivity contribution in [3.05, 3.63) is 12.7 Å². The zero-order chi connectivity index (χ0) is 22.4. The van der Waals surface area contributed by atoms with Crippen molar-refractivity contribution in [2.75, 3.05) is 12.1 Å². The van der Waals surface area contributed by atoms with Crippen LogP contribution >= 0.6 is 7.52 Å². The minimum atomic E-state index is -3.71. The van der Waals surface area contributed by atoms with Gasteiger partial charge in [0.05, 0.1) is 24.7 Å². The fourth-order valence-electron chi connectivity index (χ4n) is 3.20. The van der Waals surface area contributed by atoms with E-state index in [9.17, 15) is 14.5 Å². The molecule has 2 aromatic heterocycles. The molecule has 1 aliphatic rings. The van der Waals surface area contributed by atoms with Crippen molar-refractivity contribution in [1.82, 2.24) is 24.6 Å². The van der Waals surface area contributed by atoms with Gasteiger partial charge in [-0.05, 0) is 39.5 Å². The van der Waals surface area contributed by atoms with Crippen molar-refractivity contribution in [1.29, 1.82) is 0 Å². The third-order valence-electron chi connectivity index (χ3n) is 4.91. The van der Waals surface area contributed by atoms with Gasteiger partial charge in [-0.1, -0.05) is 11.6 Å². The maximum Gasteiger partial charge on any atom is 0.364 e. The van der Waals surface area contributed by atoms with E-state index in [4.69, 9.17) is 15.1 Å². The maximum atomic E-state index is 13.2. The summed E-state index contributed by atoms with van der Waals surface area (Å²) in [4.78, 5) is 23.5. The zero-order valence-electron chi connectivity index (χ0n) is 17.6. The maximum absolute atomic E-state index is 13.2. The van der Waals surface area contributed by atoms with Crippen LogP contribution in [0.15, 0.2) is 17.8 Å². The quantitative estimate of drug-likeness (QED) is 0.359. The molecule has 0 aliphatic heterocycles. The Bertz CT molecular complexity index is 987. The third kappa shape index (κ3) is 6.22. The highest BCUT2D eigenvalue weighted by atomic mass is 31.2. The monoisotopic (exact) mass is 453 g/mol. The number of rotatable bonds is 10. The first kappa shape index (κ1) is 23.1. The van der Waals surface area contributed by atoms with Gasteiger partial charge in [-0.25, -0.2) is 20.0 Å². The molecule has 0 radical (unpaired) electrons. The van der Waals surface area contributed by atoms with E-state index < -0.39 is 25.6 Å². The van der Waals surface area contributed by atoms with Gasteiger partial charge in [-0.3, -0.25) is 9.36 Å². The highest BCUT2D eigenvalue weighted by Crippen LogP contribution is 2.44. The molecule has 0 saturated heterocycles. The second-order valence-corrected chi connectivity index (χ2v) is 9.62. The van der Waals surface area contributed by atoms with Gasteiger partial charge < -0.3 is 24.8 Å². The molecule has 1 saturated carbocycles. The summed E-state index contributed by atoms with van der Waals surface area (Å²) < 4.78 is 26.1. The van der Waals surface area contributed by atoms with Gasteiger partial charge in [-0.2, -0.15) is 0 Å². The van der Waals surface area contributed by atoms with Crippen LogP contribution in [-0.2, 0) is 25.3 Å². The largest absolute Gasteiger partial charge is 0.480 e. The van der Waals surface area contributed by atoms with Crippen molar-refractivity contribution in [3.8, 4) is 0 Å². The second-order valence-electron chi connectivity index (χ2n) is 7.60. The summed E-state index contributed by atoms with van der Waals surface area (Å²) in [7, 11) is -3.71. The van der Waals surface area contributed by atoms with Gasteiger partial charge in [0.25, 0.3) is 0 Å². The van der Waals surface area contributed by atoms with E-state index in [0.717, 1.165) is 37.8 Å². The second kappa shape index (κ2) is 10.2. The number of oxime groups is 1. The Labute approximate surface area is 179 Å². The summed E-state index contributed by atoms with van der Waals surface area (Å²) in [5.41, 5.74) is 7.68. The Morgan fingerprint density at radius 3 is 2.77 bits per heavy atom. The van der Waals surface area contributed by atoms with E-state index in [1.54, 1.807) is 17.8 Å². The molecule has 1 aliphatic carbocycles. The number of aromatic nitrogens is 4. The molecular weight excluding hydrogens is 425 g/mol. The molecule has 3 unspecified atom stereocenters. The Kier molecular flexibility index (Phi) is 7.58. The Morgan fingerprint density at radius 1 is 1.32 bits per heavy atom. The van der Waals surface area contributed by atoms with Crippen LogP contribution in [0.4, 0.5) is 5.82 Å². The number of carbonyl (C=O) groups is 1. The summed E-state index contributed by atoms with van der Waals surface area (Å²) in [6, 6.07) is -1.09. The molecule has 0 bridgehead atoms. The van der Waals surface area contributed by atoms with E-state index >= 15 is 0 Å². The van der Waals surface area contributed by atoms with Gasteiger partial charge in [0.2, 0.25) is 0 Å². The lowest BCUT2D eigenvalue weighted by Gasteiger charge is -2.22. The van der Waals surface area contributed by atoms with Crippen LogP contribution < -0.4 is 10.8 Å². The number of imidazole rings is 1. The van der Waals surface area contributed by atoms with E-state index in [2.05, 4.69) is 25.2 Å². The molecule has 3 rings (SSSR count). The molecular formula is C18H28N7O5P. The molecule has 31 heavy (non-hydrogen) atoms. The van der Waals surface area contributed by atoms with E-state index in [1.165, 1.54) is 13.3 Å². The van der Waals surface area contributed by atoms with Crippen molar-refractivity contribution in [2.24, 2.45) is 5.16 Å². The number of hydrogen-bond acceptors (Lipinski definition) is 9. The van der Waals surface area contributed by atoms with Crippen molar-refractivity contribution in [2.45, 2.75) is 64.6 Å². The van der Waals surface area contributed by atoms with E-state index in [-0.39, 0.29) is 12.2 Å². The number of aliphatic carboxylic acids is 1. The first-order valence-corrected chi connectivity index (χ1v) is 12.0. The number of carboxylic acids is 1. The molecule has 12 nitrogen and oxygen atoms in total. The predicted octanol–water partition coefficient (Wildman–Crippen LogP) is 2.36. The number of ether oxygens (including phenoxy) is 1. The summed E-state index contributed by atoms with van der Waals surface area (Å²) in [6.07, 6.45) is 6.88.